The molecule has 1 fully saturated rings. The van der Waals surface area contributed by atoms with Crippen LogP contribution in [0.1, 0.15) is 30.0 Å². The summed E-state index contributed by atoms with van der Waals surface area (Å²) in [6.45, 7) is 5.01. The number of piperidine rings is 1. The second-order valence-corrected chi connectivity index (χ2v) is 6.44. The number of likely N-dealkylation sites (tertiary alicyclic amines) is 1. The predicted molar refractivity (Wildman–Crippen MR) is 86.3 cm³/mol. The van der Waals surface area contributed by atoms with Crippen LogP contribution >= 0.6 is 11.6 Å². The average molecular weight is 296 g/mol. The smallest absolute Gasteiger partial charge is 0.0473 e. The number of aryl methyl sites for hydroxylation is 1. The molecule has 1 aromatic rings. The second kappa shape index (κ2) is 6.90. The molecule has 0 aromatic heterocycles. The molecule has 0 radical (unpaired) electrons. The Balaban J connectivity index is 2.19. The van der Waals surface area contributed by atoms with Crippen LogP contribution in [0.4, 0.5) is 0 Å². The van der Waals surface area contributed by atoms with E-state index >= 15 is 0 Å². The zero-order chi connectivity index (χ0) is 14.7. The summed E-state index contributed by atoms with van der Waals surface area (Å²) in [5.41, 5.74) is 8.63. The monoisotopic (exact) mass is 295 g/mol. The number of benzene rings is 1. The summed E-state index contributed by atoms with van der Waals surface area (Å²) in [6, 6.07) is 7.07. The van der Waals surface area contributed by atoms with Crippen molar-refractivity contribution in [3.05, 3.63) is 34.3 Å². The highest BCUT2D eigenvalue weighted by molar-refractivity contribution is 6.30. The maximum atomic E-state index is 6.08. The van der Waals surface area contributed by atoms with Crippen LogP contribution in [0, 0.1) is 6.92 Å². The number of hydrogen-bond donors (Lipinski definition) is 1. The van der Waals surface area contributed by atoms with Crippen LogP contribution in [0.3, 0.4) is 0 Å². The largest absolute Gasteiger partial charge is 0.329 e. The van der Waals surface area contributed by atoms with Gasteiger partial charge < -0.3 is 10.6 Å². The molecule has 1 aliphatic heterocycles. The van der Waals surface area contributed by atoms with E-state index in [1.54, 1.807) is 0 Å². The Morgan fingerprint density at radius 2 is 2.20 bits per heavy atom. The van der Waals surface area contributed by atoms with Crippen LogP contribution in [0.2, 0.25) is 5.02 Å². The highest BCUT2D eigenvalue weighted by Crippen LogP contribution is 2.28. The van der Waals surface area contributed by atoms with Crippen LogP contribution in [0.15, 0.2) is 18.2 Å². The van der Waals surface area contributed by atoms with Gasteiger partial charge in [0, 0.05) is 30.2 Å². The fourth-order valence-corrected chi connectivity index (χ4v) is 3.40. The van der Waals surface area contributed by atoms with Gasteiger partial charge in [-0.25, -0.2) is 0 Å². The Kier molecular flexibility index (Phi) is 5.44. The van der Waals surface area contributed by atoms with Gasteiger partial charge in [0.15, 0.2) is 0 Å². The molecule has 0 aliphatic carbocycles. The second-order valence-electron chi connectivity index (χ2n) is 6.01. The molecule has 1 aromatic carbocycles. The third kappa shape index (κ3) is 3.53. The van der Waals surface area contributed by atoms with Crippen molar-refractivity contribution < 1.29 is 0 Å². The standard InChI is InChI=1S/C16H26ClN3/c1-12-9-13(17)6-7-15(12)16(10-18)20-8-4-5-14(11-20)19(2)3/h6-7,9,14,16H,4-5,8,10-11,18H2,1-3H3. The van der Waals surface area contributed by atoms with Gasteiger partial charge in [-0.05, 0) is 63.7 Å². The van der Waals surface area contributed by atoms with Crippen LogP contribution in [0.25, 0.3) is 0 Å². The zero-order valence-electron chi connectivity index (χ0n) is 12.8. The molecule has 2 N–H and O–H groups in total. The Morgan fingerprint density at radius 1 is 1.45 bits per heavy atom. The molecule has 3 nitrogen and oxygen atoms in total. The molecule has 0 bridgehead atoms. The van der Waals surface area contributed by atoms with E-state index in [1.807, 2.05) is 12.1 Å². The Labute approximate surface area is 127 Å². The van der Waals surface area contributed by atoms with Gasteiger partial charge >= 0.3 is 0 Å². The Hall–Kier alpha value is -0.610. The number of nitrogens with two attached hydrogens (primary N) is 1. The lowest BCUT2D eigenvalue weighted by Crippen LogP contribution is -2.48. The lowest BCUT2D eigenvalue weighted by molar-refractivity contribution is 0.0982. The highest BCUT2D eigenvalue weighted by Gasteiger charge is 2.27. The van der Waals surface area contributed by atoms with E-state index in [1.165, 1.54) is 24.0 Å². The molecule has 2 rings (SSSR count). The average Bonchev–Trinajstić information content (AvgIpc) is 2.42. The molecule has 0 amide bonds. The predicted octanol–water partition coefficient (Wildman–Crippen LogP) is 2.67. The first-order valence-electron chi connectivity index (χ1n) is 7.39. The summed E-state index contributed by atoms with van der Waals surface area (Å²) in [4.78, 5) is 4.86. The van der Waals surface area contributed by atoms with Crippen molar-refractivity contribution in [1.29, 1.82) is 0 Å². The minimum Gasteiger partial charge on any atom is -0.329 e. The Bertz CT molecular complexity index is 447. The van der Waals surface area contributed by atoms with Gasteiger partial charge in [-0.15, -0.1) is 0 Å². The van der Waals surface area contributed by atoms with E-state index in [4.69, 9.17) is 17.3 Å². The fraction of sp³-hybridized carbons (Fsp3) is 0.625. The van der Waals surface area contributed by atoms with Crippen molar-refractivity contribution in [2.24, 2.45) is 5.73 Å². The Morgan fingerprint density at radius 3 is 2.80 bits per heavy atom. The third-order valence-electron chi connectivity index (χ3n) is 4.41. The summed E-state index contributed by atoms with van der Waals surface area (Å²) in [5, 5.41) is 0.798. The number of likely N-dealkylation sites (N-methyl/N-ethyl adjacent to an activating group) is 1. The first kappa shape index (κ1) is 15.8. The van der Waals surface area contributed by atoms with Crippen molar-refractivity contribution in [2.45, 2.75) is 31.8 Å². The van der Waals surface area contributed by atoms with E-state index in [9.17, 15) is 0 Å². The summed E-state index contributed by atoms with van der Waals surface area (Å²) in [7, 11) is 4.33. The first-order chi connectivity index (χ1) is 9.52. The molecule has 1 heterocycles. The van der Waals surface area contributed by atoms with Crippen molar-refractivity contribution >= 4 is 11.6 Å². The molecule has 0 spiro atoms. The first-order valence-corrected chi connectivity index (χ1v) is 7.77. The number of halogens is 1. The maximum Gasteiger partial charge on any atom is 0.0473 e. The van der Waals surface area contributed by atoms with E-state index in [2.05, 4.69) is 36.9 Å². The maximum absolute atomic E-state index is 6.08. The van der Waals surface area contributed by atoms with Gasteiger partial charge in [-0.2, -0.15) is 0 Å². The number of rotatable bonds is 4. The molecule has 1 saturated heterocycles. The van der Waals surface area contributed by atoms with Crippen LogP contribution in [-0.4, -0.2) is 49.6 Å². The lowest BCUT2D eigenvalue weighted by atomic mass is 9.96. The quantitative estimate of drug-likeness (QED) is 0.927. The molecule has 4 heteroatoms. The normalized spacial score (nSPS) is 22.2. The van der Waals surface area contributed by atoms with Crippen molar-refractivity contribution in [3.63, 3.8) is 0 Å². The van der Waals surface area contributed by atoms with Gasteiger partial charge in [0.05, 0.1) is 0 Å². The molecule has 2 unspecified atom stereocenters. The molecule has 20 heavy (non-hydrogen) atoms. The van der Waals surface area contributed by atoms with Gasteiger partial charge in [0.25, 0.3) is 0 Å². The van der Waals surface area contributed by atoms with Gasteiger partial charge in [-0.3, -0.25) is 4.90 Å². The van der Waals surface area contributed by atoms with E-state index in [0.29, 0.717) is 18.6 Å². The van der Waals surface area contributed by atoms with Crippen molar-refractivity contribution in [1.82, 2.24) is 9.80 Å². The van der Waals surface area contributed by atoms with Crippen molar-refractivity contribution in [3.8, 4) is 0 Å². The van der Waals surface area contributed by atoms with E-state index < -0.39 is 0 Å². The SMILES string of the molecule is Cc1cc(Cl)ccc1C(CN)N1CCCC(N(C)C)C1. The van der Waals surface area contributed by atoms with Gasteiger partial charge in [0.1, 0.15) is 0 Å². The number of hydrogen-bond acceptors (Lipinski definition) is 3. The molecule has 2 atom stereocenters. The van der Waals surface area contributed by atoms with Crippen LogP contribution in [0.5, 0.6) is 0 Å². The fourth-order valence-electron chi connectivity index (χ4n) is 3.17. The zero-order valence-corrected chi connectivity index (χ0v) is 13.5. The molecule has 0 saturated carbocycles. The van der Waals surface area contributed by atoms with Crippen molar-refractivity contribution in [2.75, 3.05) is 33.7 Å². The lowest BCUT2D eigenvalue weighted by Gasteiger charge is -2.40. The molecular formula is C16H26ClN3. The number of nitrogens with zero attached hydrogens (tertiary/aromatic N) is 2. The summed E-state index contributed by atoms with van der Waals surface area (Å²) in [6.07, 6.45) is 2.52. The summed E-state index contributed by atoms with van der Waals surface area (Å²) in [5.74, 6) is 0. The third-order valence-corrected chi connectivity index (χ3v) is 4.65. The van der Waals surface area contributed by atoms with E-state index in [0.717, 1.165) is 18.1 Å². The topological polar surface area (TPSA) is 32.5 Å². The highest BCUT2D eigenvalue weighted by atomic mass is 35.5. The van der Waals surface area contributed by atoms with Crippen LogP contribution < -0.4 is 5.73 Å². The van der Waals surface area contributed by atoms with Crippen LogP contribution in [-0.2, 0) is 0 Å². The van der Waals surface area contributed by atoms with Gasteiger partial charge in [0.2, 0.25) is 0 Å². The molecule has 112 valence electrons. The van der Waals surface area contributed by atoms with Gasteiger partial charge in [-0.1, -0.05) is 17.7 Å². The van der Waals surface area contributed by atoms with E-state index in [-0.39, 0.29) is 0 Å². The minimum absolute atomic E-state index is 0.301. The summed E-state index contributed by atoms with van der Waals surface area (Å²) < 4.78 is 0. The minimum atomic E-state index is 0.301. The summed E-state index contributed by atoms with van der Waals surface area (Å²) >= 11 is 6.06. The molecule has 1 aliphatic rings. The molecular weight excluding hydrogens is 270 g/mol.